The van der Waals surface area contributed by atoms with E-state index in [2.05, 4.69) is 15.6 Å². The Hall–Kier alpha value is -3.87. The highest BCUT2D eigenvalue weighted by molar-refractivity contribution is 5.95. The fraction of sp³-hybridized carbons (Fsp3) is 0.276. The SMILES string of the molecule is Cc1ccc(NC(=O)OC2C(C)c3c(cc(F)c(-c4cccc5cc[nH]c45)c3F)NC2(C)C)c(C)c1. The van der Waals surface area contributed by atoms with Gasteiger partial charge in [0.2, 0.25) is 0 Å². The van der Waals surface area contributed by atoms with Crippen LogP contribution in [0.4, 0.5) is 25.0 Å². The number of nitrogens with one attached hydrogen (secondary N) is 3. The Morgan fingerprint density at radius 3 is 2.61 bits per heavy atom. The van der Waals surface area contributed by atoms with Crippen molar-refractivity contribution in [2.24, 2.45) is 0 Å². The molecule has 186 valence electrons. The van der Waals surface area contributed by atoms with Crippen molar-refractivity contribution in [1.82, 2.24) is 4.98 Å². The predicted molar refractivity (Wildman–Crippen MR) is 140 cm³/mol. The fourth-order valence-electron chi connectivity index (χ4n) is 5.38. The second-order valence-electron chi connectivity index (χ2n) is 10.2. The number of fused-ring (bicyclic) bond motifs is 2. The summed E-state index contributed by atoms with van der Waals surface area (Å²) < 4.78 is 37.4. The standard InChI is InChI=1S/C29H29F2N3O2/c1-15-9-10-21(16(2)13-15)33-28(35)36-27-17(3)23-22(34-29(27,4)5)14-20(30)24(25(23)31)19-8-6-7-18-11-12-32-26(18)19/h6-14,17,27,32,34H,1-5H3,(H,33,35). The lowest BCUT2D eigenvalue weighted by Crippen LogP contribution is -2.52. The number of halogens is 2. The molecule has 2 heterocycles. The van der Waals surface area contributed by atoms with E-state index in [0.717, 1.165) is 16.5 Å². The molecule has 7 heteroatoms. The quantitative estimate of drug-likeness (QED) is 0.277. The summed E-state index contributed by atoms with van der Waals surface area (Å²) in [6.45, 7) is 9.39. The molecule has 36 heavy (non-hydrogen) atoms. The number of benzene rings is 3. The number of rotatable bonds is 3. The Morgan fingerprint density at radius 1 is 1.08 bits per heavy atom. The van der Waals surface area contributed by atoms with E-state index in [-0.39, 0.29) is 5.56 Å². The number of carbonyl (C=O) groups excluding carboxylic acids is 1. The van der Waals surface area contributed by atoms with Crippen LogP contribution in [0.5, 0.6) is 0 Å². The van der Waals surface area contributed by atoms with E-state index in [4.69, 9.17) is 4.74 Å². The zero-order valence-corrected chi connectivity index (χ0v) is 20.9. The van der Waals surface area contributed by atoms with Gasteiger partial charge in [-0.1, -0.05) is 42.8 Å². The number of ether oxygens (including phenoxy) is 1. The number of hydrogen-bond donors (Lipinski definition) is 3. The summed E-state index contributed by atoms with van der Waals surface area (Å²) in [6.07, 6.45) is 0.397. The number of para-hydroxylation sites is 1. The minimum Gasteiger partial charge on any atom is -0.443 e. The molecule has 0 fully saturated rings. The minimum atomic E-state index is -0.772. The van der Waals surface area contributed by atoms with Crippen LogP contribution < -0.4 is 10.6 Å². The molecular formula is C29H29F2N3O2. The Balaban J connectivity index is 1.51. The number of aromatic amines is 1. The van der Waals surface area contributed by atoms with Crippen LogP contribution >= 0.6 is 0 Å². The maximum absolute atomic E-state index is 16.1. The lowest BCUT2D eigenvalue weighted by molar-refractivity contribution is 0.0560. The van der Waals surface area contributed by atoms with Crippen molar-refractivity contribution in [2.45, 2.75) is 52.2 Å². The average molecular weight is 490 g/mol. The molecule has 0 bridgehead atoms. The molecule has 0 aliphatic carbocycles. The van der Waals surface area contributed by atoms with E-state index in [1.165, 1.54) is 6.07 Å². The van der Waals surface area contributed by atoms with Gasteiger partial charge >= 0.3 is 6.09 Å². The predicted octanol–water partition coefficient (Wildman–Crippen LogP) is 7.65. The van der Waals surface area contributed by atoms with E-state index in [9.17, 15) is 4.79 Å². The number of H-pyrrole nitrogens is 1. The molecule has 0 radical (unpaired) electrons. The van der Waals surface area contributed by atoms with Crippen molar-refractivity contribution in [3.05, 3.63) is 83.1 Å². The number of anilines is 2. The number of aryl methyl sites for hydroxylation is 2. The first-order valence-electron chi connectivity index (χ1n) is 12.0. The van der Waals surface area contributed by atoms with Gasteiger partial charge in [-0.2, -0.15) is 0 Å². The normalized spacial score (nSPS) is 18.4. The van der Waals surface area contributed by atoms with Crippen molar-refractivity contribution >= 4 is 28.4 Å². The summed E-state index contributed by atoms with van der Waals surface area (Å²) >= 11 is 0. The molecule has 4 aromatic rings. The molecule has 2 unspecified atom stereocenters. The summed E-state index contributed by atoms with van der Waals surface area (Å²) in [7, 11) is 0. The van der Waals surface area contributed by atoms with E-state index in [1.54, 1.807) is 25.3 Å². The van der Waals surface area contributed by atoms with Crippen molar-refractivity contribution in [3.63, 3.8) is 0 Å². The highest BCUT2D eigenvalue weighted by Gasteiger charge is 2.45. The number of hydrogen-bond acceptors (Lipinski definition) is 3. The van der Waals surface area contributed by atoms with Gasteiger partial charge < -0.3 is 15.0 Å². The highest BCUT2D eigenvalue weighted by Crippen LogP contribution is 2.46. The minimum absolute atomic E-state index is 0.103. The van der Waals surface area contributed by atoms with Crippen LogP contribution in [-0.2, 0) is 4.74 Å². The zero-order chi connectivity index (χ0) is 25.8. The summed E-state index contributed by atoms with van der Waals surface area (Å²) in [5.74, 6) is -1.86. The second kappa shape index (κ2) is 8.66. The third-order valence-electron chi connectivity index (χ3n) is 7.04. The molecule has 3 N–H and O–H groups in total. The molecule has 1 amide bonds. The fourth-order valence-corrected chi connectivity index (χ4v) is 5.38. The monoisotopic (exact) mass is 489 g/mol. The Labute approximate surface area is 208 Å². The molecule has 0 spiro atoms. The van der Waals surface area contributed by atoms with E-state index < -0.39 is 35.3 Å². The first-order valence-corrected chi connectivity index (χ1v) is 12.0. The van der Waals surface area contributed by atoms with Crippen LogP contribution in [0.2, 0.25) is 0 Å². The summed E-state index contributed by atoms with van der Waals surface area (Å²) in [4.78, 5) is 16.0. The summed E-state index contributed by atoms with van der Waals surface area (Å²) in [5.41, 5.74) is 3.52. The molecule has 2 atom stereocenters. The maximum Gasteiger partial charge on any atom is 0.412 e. The molecule has 1 aliphatic rings. The second-order valence-corrected chi connectivity index (χ2v) is 10.2. The van der Waals surface area contributed by atoms with Gasteiger partial charge in [0.25, 0.3) is 0 Å². The van der Waals surface area contributed by atoms with Gasteiger partial charge in [-0.25, -0.2) is 13.6 Å². The van der Waals surface area contributed by atoms with Gasteiger partial charge in [-0.15, -0.1) is 0 Å². The van der Waals surface area contributed by atoms with Crippen LogP contribution in [0.3, 0.4) is 0 Å². The van der Waals surface area contributed by atoms with Crippen molar-refractivity contribution in [2.75, 3.05) is 10.6 Å². The molecule has 5 rings (SSSR count). The number of amides is 1. The number of carbonyl (C=O) groups is 1. The van der Waals surface area contributed by atoms with Gasteiger partial charge in [-0.05, 0) is 56.8 Å². The number of aromatic nitrogens is 1. The lowest BCUT2D eigenvalue weighted by Gasteiger charge is -2.44. The van der Waals surface area contributed by atoms with Crippen LogP contribution in [0.1, 0.15) is 43.4 Å². The maximum atomic E-state index is 16.1. The first kappa shape index (κ1) is 23.9. The van der Waals surface area contributed by atoms with Crippen molar-refractivity contribution in [3.8, 4) is 11.1 Å². The average Bonchev–Trinajstić information content (AvgIpc) is 3.27. The first-order chi connectivity index (χ1) is 17.1. The Bertz CT molecular complexity index is 1490. The van der Waals surface area contributed by atoms with Crippen LogP contribution in [0, 0.1) is 25.5 Å². The molecule has 5 nitrogen and oxygen atoms in total. The Kier molecular flexibility index (Phi) is 5.74. The van der Waals surface area contributed by atoms with Crippen molar-refractivity contribution in [1.29, 1.82) is 0 Å². The Morgan fingerprint density at radius 2 is 1.86 bits per heavy atom. The summed E-state index contributed by atoms with van der Waals surface area (Å²) in [5, 5.41) is 6.86. The van der Waals surface area contributed by atoms with E-state index in [1.807, 2.05) is 58.0 Å². The topological polar surface area (TPSA) is 66.1 Å². The molecule has 1 aromatic heterocycles. The van der Waals surface area contributed by atoms with E-state index >= 15 is 8.78 Å². The lowest BCUT2D eigenvalue weighted by atomic mass is 9.77. The third kappa shape index (κ3) is 3.98. The van der Waals surface area contributed by atoms with Crippen LogP contribution in [0.25, 0.3) is 22.0 Å². The molecule has 3 aromatic carbocycles. The van der Waals surface area contributed by atoms with Gasteiger partial charge in [0.15, 0.2) is 0 Å². The van der Waals surface area contributed by atoms with Crippen molar-refractivity contribution < 1.29 is 18.3 Å². The van der Waals surface area contributed by atoms with Crippen LogP contribution in [-0.4, -0.2) is 22.7 Å². The largest absolute Gasteiger partial charge is 0.443 e. The molecule has 1 aliphatic heterocycles. The van der Waals surface area contributed by atoms with Crippen LogP contribution in [0.15, 0.2) is 54.7 Å². The third-order valence-corrected chi connectivity index (χ3v) is 7.04. The molecular weight excluding hydrogens is 460 g/mol. The highest BCUT2D eigenvalue weighted by atomic mass is 19.1. The van der Waals surface area contributed by atoms with Gasteiger partial charge in [0.1, 0.15) is 17.7 Å². The van der Waals surface area contributed by atoms with Gasteiger partial charge in [-0.3, -0.25) is 5.32 Å². The zero-order valence-electron chi connectivity index (χ0n) is 20.9. The molecule has 0 saturated carbocycles. The molecule has 0 saturated heterocycles. The van der Waals surface area contributed by atoms with Gasteiger partial charge in [0, 0.05) is 34.6 Å². The summed E-state index contributed by atoms with van der Waals surface area (Å²) in [6, 6.07) is 14.2. The van der Waals surface area contributed by atoms with E-state index in [0.29, 0.717) is 28.0 Å². The smallest absolute Gasteiger partial charge is 0.412 e. The van der Waals surface area contributed by atoms with Gasteiger partial charge in [0.05, 0.1) is 16.6 Å².